The fourth-order valence-corrected chi connectivity index (χ4v) is 16.8. The number of para-hydroxylation sites is 5. The Morgan fingerprint density at radius 3 is 0.791 bits per heavy atom. The minimum Gasteiger partial charge on any atom is -0.309 e. The van der Waals surface area contributed by atoms with E-state index in [1.807, 2.05) is 48.5 Å². The second kappa shape index (κ2) is 25.4. The Balaban J connectivity index is 0.561. The van der Waals surface area contributed by atoms with Crippen molar-refractivity contribution in [1.82, 2.24) is 48.2 Å². The van der Waals surface area contributed by atoms with Crippen molar-refractivity contribution in [1.29, 1.82) is 0 Å². The van der Waals surface area contributed by atoms with Crippen molar-refractivity contribution < 1.29 is 0 Å². The number of fused-ring (bicyclic) bond motifs is 15. The van der Waals surface area contributed by atoms with Gasteiger partial charge in [-0.2, -0.15) is 0 Å². The van der Waals surface area contributed by atoms with Crippen LogP contribution in [0.2, 0.25) is 0 Å². The number of benzene rings is 16. The van der Waals surface area contributed by atoms with E-state index in [0.29, 0.717) is 34.9 Å². The molecule has 0 spiro atoms. The molecule has 22 rings (SSSR count). The summed E-state index contributed by atoms with van der Waals surface area (Å²) in [6, 6.07) is 134. The van der Waals surface area contributed by atoms with Crippen molar-refractivity contribution in [3.05, 3.63) is 376 Å². The van der Waals surface area contributed by atoms with E-state index in [2.05, 4.69) is 346 Å². The van der Waals surface area contributed by atoms with E-state index < -0.39 is 0 Å². The van der Waals surface area contributed by atoms with E-state index in [1.54, 1.807) is 0 Å². The van der Waals surface area contributed by atoms with Gasteiger partial charge >= 0.3 is 0 Å². The van der Waals surface area contributed by atoms with Crippen LogP contribution in [0.1, 0.15) is 0 Å². The average Bonchev–Trinajstić information content (AvgIpc) is 1.55. The minimum atomic E-state index is 0.578. The molecule has 110 heavy (non-hydrogen) atoms. The second-order valence-corrected chi connectivity index (χ2v) is 28.2. The summed E-state index contributed by atoms with van der Waals surface area (Å²) in [7, 11) is 0. The molecular formula is C100H62N10. The summed E-state index contributed by atoms with van der Waals surface area (Å²) in [4.78, 5) is 31.1. The summed E-state index contributed by atoms with van der Waals surface area (Å²) in [6.07, 6.45) is 0. The highest BCUT2D eigenvalue weighted by Crippen LogP contribution is 2.46. The van der Waals surface area contributed by atoms with Gasteiger partial charge in [-0.25, -0.2) is 29.9 Å². The summed E-state index contributed by atoms with van der Waals surface area (Å²) in [6.45, 7) is 0. The molecule has 0 radical (unpaired) electrons. The van der Waals surface area contributed by atoms with E-state index in [4.69, 9.17) is 29.9 Å². The van der Waals surface area contributed by atoms with Gasteiger partial charge in [-0.1, -0.05) is 279 Å². The van der Waals surface area contributed by atoms with Gasteiger partial charge in [0.15, 0.2) is 34.9 Å². The molecule has 0 N–H and O–H groups in total. The number of hydrogen-bond donors (Lipinski definition) is 0. The summed E-state index contributed by atoms with van der Waals surface area (Å²) >= 11 is 0. The van der Waals surface area contributed by atoms with Gasteiger partial charge in [-0.3, -0.25) is 0 Å². The zero-order valence-corrected chi connectivity index (χ0v) is 59.3. The van der Waals surface area contributed by atoms with E-state index >= 15 is 0 Å². The van der Waals surface area contributed by atoms with Crippen molar-refractivity contribution in [2.24, 2.45) is 0 Å². The first-order chi connectivity index (χ1) is 54.5. The smallest absolute Gasteiger partial charge is 0.164 e. The highest BCUT2D eigenvalue weighted by Gasteiger charge is 2.25. The fraction of sp³-hybridized carbons (Fsp3) is 0. The lowest BCUT2D eigenvalue weighted by Gasteiger charge is -2.12. The summed E-state index contributed by atoms with van der Waals surface area (Å²) in [5.74, 6) is 3.53. The van der Waals surface area contributed by atoms with Gasteiger partial charge in [-0.05, 0) is 130 Å². The first kappa shape index (κ1) is 62.4. The van der Waals surface area contributed by atoms with Crippen molar-refractivity contribution in [3.8, 4) is 113 Å². The average molecular weight is 1400 g/mol. The number of hydrogen-bond acceptors (Lipinski definition) is 6. The van der Waals surface area contributed by atoms with Crippen molar-refractivity contribution in [2.75, 3.05) is 0 Å². The molecule has 6 heterocycles. The first-order valence-electron chi connectivity index (χ1n) is 37.2. The summed E-state index contributed by atoms with van der Waals surface area (Å²) < 4.78 is 9.61. The number of nitrogens with zero attached hydrogens (tertiary/aromatic N) is 10. The Bertz CT molecular complexity index is 7410. The maximum absolute atomic E-state index is 5.29. The Labute approximate surface area is 631 Å². The normalized spacial score (nSPS) is 11.8. The largest absolute Gasteiger partial charge is 0.309 e. The standard InChI is InChI=1S/C100H62N10/c1-4-22-68(23-5-1)95-101-97(104-98(102-95)71-49-43-66(44-50-71)67-51-54-76(55-52-67)108-84-36-17-13-32-80(84)92-88(108)58-57-87-91(92)79-31-12-16-35-83(79)107(87)75-28-8-3-9-29-75)70-45-39-64(40-46-70)65-41-47-72(48-42-65)99-103-96(69-24-6-2-7-25-69)105-100(106-99)74-27-20-30-77(62-74)109-85-37-18-14-33-81(85)93-89(109)59-60-90-94(93)82-34-15-19-38-86(82)110(90)78-56-53-63-21-10-11-26-73(63)61-78/h1-62H. The predicted octanol–water partition coefficient (Wildman–Crippen LogP) is 24.9. The zero-order valence-electron chi connectivity index (χ0n) is 59.3. The van der Waals surface area contributed by atoms with Gasteiger partial charge in [0.1, 0.15) is 0 Å². The van der Waals surface area contributed by atoms with Crippen LogP contribution in [0.4, 0.5) is 0 Å². The molecule has 0 aliphatic heterocycles. The molecule has 10 nitrogen and oxygen atoms in total. The van der Waals surface area contributed by atoms with Crippen LogP contribution in [0.25, 0.3) is 211 Å². The molecule has 0 atom stereocenters. The van der Waals surface area contributed by atoms with Gasteiger partial charge in [0.25, 0.3) is 0 Å². The van der Waals surface area contributed by atoms with Crippen molar-refractivity contribution in [2.45, 2.75) is 0 Å². The Morgan fingerprint density at radius 1 is 0.145 bits per heavy atom. The molecular weight excluding hydrogens is 1340 g/mol. The van der Waals surface area contributed by atoms with E-state index in [9.17, 15) is 0 Å². The van der Waals surface area contributed by atoms with E-state index in [1.165, 1.54) is 81.4 Å². The molecule has 0 amide bonds. The van der Waals surface area contributed by atoms with Gasteiger partial charge in [-0.15, -0.1) is 0 Å². The fourth-order valence-electron chi connectivity index (χ4n) is 16.8. The Morgan fingerprint density at radius 2 is 0.400 bits per heavy atom. The van der Waals surface area contributed by atoms with Crippen LogP contribution >= 0.6 is 0 Å². The maximum Gasteiger partial charge on any atom is 0.164 e. The molecule has 0 saturated carbocycles. The van der Waals surface area contributed by atoms with Crippen molar-refractivity contribution in [3.63, 3.8) is 0 Å². The molecule has 10 heteroatoms. The maximum atomic E-state index is 5.29. The van der Waals surface area contributed by atoms with Crippen LogP contribution < -0.4 is 0 Å². The van der Waals surface area contributed by atoms with E-state index in [0.717, 1.165) is 94.9 Å². The molecule has 6 aromatic heterocycles. The third-order valence-electron chi connectivity index (χ3n) is 21.9. The Kier molecular flexibility index (Phi) is 14.4. The highest BCUT2D eigenvalue weighted by atomic mass is 15.1. The van der Waals surface area contributed by atoms with E-state index in [-0.39, 0.29) is 0 Å². The van der Waals surface area contributed by atoms with Crippen LogP contribution in [-0.2, 0) is 0 Å². The molecule has 0 fully saturated rings. The molecule has 0 aliphatic carbocycles. The van der Waals surface area contributed by atoms with Gasteiger partial charge < -0.3 is 18.3 Å². The highest BCUT2D eigenvalue weighted by molar-refractivity contribution is 6.30. The molecule has 0 bridgehead atoms. The van der Waals surface area contributed by atoms with Crippen LogP contribution in [0.3, 0.4) is 0 Å². The SMILES string of the molecule is c1ccc(-c2nc(-c3ccc(-c4ccc(-c5nc(-c6ccccc6)nc(-c6cccc(-n7c8ccccc8c8c9c%10ccccc%10n(-c%10ccc%11ccccc%11c%10)c9ccc87)c6)n5)cc4)cc3)nc(-c3ccc(-c4ccc(-n5c6ccccc6c6c7c8ccccc8n(-c8ccccc8)c7ccc65)cc4)cc3)n2)cc1. The van der Waals surface area contributed by atoms with Crippen LogP contribution in [0, 0.1) is 0 Å². The molecule has 512 valence electrons. The number of rotatable bonds is 12. The molecule has 16 aromatic carbocycles. The van der Waals surface area contributed by atoms with Gasteiger partial charge in [0, 0.05) is 99.2 Å². The molecule has 0 saturated heterocycles. The third-order valence-corrected chi connectivity index (χ3v) is 21.9. The monoisotopic (exact) mass is 1400 g/mol. The lowest BCUT2D eigenvalue weighted by molar-refractivity contribution is 1.07. The third kappa shape index (κ3) is 10.3. The summed E-state index contributed by atoms with van der Waals surface area (Å²) in [5.41, 5.74) is 23.3. The lowest BCUT2D eigenvalue weighted by Crippen LogP contribution is -2.01. The Hall–Kier alpha value is -15.0. The van der Waals surface area contributed by atoms with Crippen molar-refractivity contribution >= 4 is 98.0 Å². The van der Waals surface area contributed by atoms with Gasteiger partial charge in [0.05, 0.1) is 44.1 Å². The second-order valence-electron chi connectivity index (χ2n) is 28.2. The quantitative estimate of drug-likeness (QED) is 0.121. The van der Waals surface area contributed by atoms with Crippen LogP contribution in [-0.4, -0.2) is 48.2 Å². The first-order valence-corrected chi connectivity index (χ1v) is 37.2. The topological polar surface area (TPSA) is 97.1 Å². The molecule has 0 unspecified atom stereocenters. The summed E-state index contributed by atoms with van der Waals surface area (Å²) in [5, 5.41) is 12.2. The van der Waals surface area contributed by atoms with Crippen LogP contribution in [0.15, 0.2) is 376 Å². The number of aromatic nitrogens is 10. The minimum absolute atomic E-state index is 0.578. The predicted molar refractivity (Wildman–Crippen MR) is 452 cm³/mol. The molecule has 0 aliphatic rings. The van der Waals surface area contributed by atoms with Crippen LogP contribution in [0.5, 0.6) is 0 Å². The lowest BCUT2D eigenvalue weighted by atomic mass is 10.0. The van der Waals surface area contributed by atoms with Gasteiger partial charge in [0.2, 0.25) is 0 Å². The molecule has 22 aromatic rings. The zero-order chi connectivity index (χ0) is 72.3.